The summed E-state index contributed by atoms with van der Waals surface area (Å²) in [6.07, 6.45) is 7.59. The van der Waals surface area contributed by atoms with Gasteiger partial charge < -0.3 is 5.32 Å². The fraction of sp³-hybridized carbons (Fsp3) is 0.500. The van der Waals surface area contributed by atoms with Gasteiger partial charge in [-0.1, -0.05) is 13.0 Å². The van der Waals surface area contributed by atoms with Crippen LogP contribution in [-0.2, 0) is 12.8 Å². The molecule has 106 valence electrons. The van der Waals surface area contributed by atoms with Gasteiger partial charge in [0.15, 0.2) is 0 Å². The standard InChI is InChI=1S/C16H21N3S/c1-2-9-18-13-7-5-8-14-16(13)19-15(20-14)11-12-6-3-4-10-17-12/h3-4,6,10,13,18H,2,5,7-9,11H2,1H3. The highest BCUT2D eigenvalue weighted by Crippen LogP contribution is 2.33. The third-order valence-corrected chi connectivity index (χ3v) is 4.83. The summed E-state index contributed by atoms with van der Waals surface area (Å²) >= 11 is 1.88. The monoisotopic (exact) mass is 287 g/mol. The quantitative estimate of drug-likeness (QED) is 0.914. The van der Waals surface area contributed by atoms with Gasteiger partial charge in [0.05, 0.1) is 16.7 Å². The van der Waals surface area contributed by atoms with E-state index in [1.54, 1.807) is 0 Å². The van der Waals surface area contributed by atoms with Crippen LogP contribution in [0.1, 0.15) is 53.5 Å². The van der Waals surface area contributed by atoms with Gasteiger partial charge in [0, 0.05) is 23.2 Å². The molecule has 20 heavy (non-hydrogen) atoms. The second-order valence-electron chi connectivity index (χ2n) is 5.31. The molecular weight excluding hydrogens is 266 g/mol. The summed E-state index contributed by atoms with van der Waals surface area (Å²) in [6.45, 7) is 3.29. The number of nitrogens with one attached hydrogen (secondary N) is 1. The summed E-state index contributed by atoms with van der Waals surface area (Å²) in [6, 6.07) is 6.54. The highest BCUT2D eigenvalue weighted by molar-refractivity contribution is 7.11. The van der Waals surface area contributed by atoms with Gasteiger partial charge in [-0.15, -0.1) is 11.3 Å². The molecule has 0 aromatic carbocycles. The fourth-order valence-electron chi connectivity index (χ4n) is 2.72. The molecule has 1 N–H and O–H groups in total. The third-order valence-electron chi connectivity index (χ3n) is 3.70. The lowest BCUT2D eigenvalue weighted by Gasteiger charge is -2.22. The molecule has 0 fully saturated rings. The van der Waals surface area contributed by atoms with Crippen molar-refractivity contribution in [3.63, 3.8) is 0 Å². The molecule has 3 nitrogen and oxygen atoms in total. The molecule has 0 aliphatic heterocycles. The van der Waals surface area contributed by atoms with Crippen molar-refractivity contribution in [3.05, 3.63) is 45.7 Å². The maximum absolute atomic E-state index is 4.90. The summed E-state index contributed by atoms with van der Waals surface area (Å²) in [5.41, 5.74) is 2.41. The van der Waals surface area contributed by atoms with Crippen LogP contribution in [0.25, 0.3) is 0 Å². The minimum absolute atomic E-state index is 0.465. The van der Waals surface area contributed by atoms with Gasteiger partial charge in [0.25, 0.3) is 0 Å². The molecule has 1 aliphatic carbocycles. The summed E-state index contributed by atoms with van der Waals surface area (Å²) in [4.78, 5) is 10.8. The Hall–Kier alpha value is -1.26. The first kappa shape index (κ1) is 13.7. The average Bonchev–Trinajstić information content (AvgIpc) is 2.89. The summed E-state index contributed by atoms with van der Waals surface area (Å²) in [7, 11) is 0. The van der Waals surface area contributed by atoms with Crippen molar-refractivity contribution in [2.24, 2.45) is 0 Å². The van der Waals surface area contributed by atoms with Crippen molar-refractivity contribution in [2.75, 3.05) is 6.54 Å². The lowest BCUT2D eigenvalue weighted by atomic mass is 9.97. The summed E-state index contributed by atoms with van der Waals surface area (Å²) in [5.74, 6) is 0. The molecule has 2 aromatic rings. The van der Waals surface area contributed by atoms with E-state index in [9.17, 15) is 0 Å². The highest BCUT2D eigenvalue weighted by atomic mass is 32.1. The van der Waals surface area contributed by atoms with E-state index in [0.717, 1.165) is 18.7 Å². The van der Waals surface area contributed by atoms with E-state index in [1.165, 1.54) is 41.3 Å². The van der Waals surface area contributed by atoms with Crippen molar-refractivity contribution in [1.29, 1.82) is 0 Å². The Morgan fingerprint density at radius 3 is 3.15 bits per heavy atom. The number of aryl methyl sites for hydroxylation is 1. The maximum atomic E-state index is 4.90. The molecule has 1 aliphatic rings. The van der Waals surface area contributed by atoms with E-state index in [-0.39, 0.29) is 0 Å². The largest absolute Gasteiger partial charge is 0.309 e. The van der Waals surface area contributed by atoms with Crippen LogP contribution in [0, 0.1) is 0 Å². The Bertz CT molecular complexity index is 550. The molecule has 4 heteroatoms. The molecule has 2 heterocycles. The van der Waals surface area contributed by atoms with Crippen molar-refractivity contribution in [2.45, 2.75) is 45.1 Å². The molecule has 1 atom stereocenters. The lowest BCUT2D eigenvalue weighted by Crippen LogP contribution is -2.25. The topological polar surface area (TPSA) is 37.8 Å². The molecule has 0 saturated heterocycles. The normalized spacial score (nSPS) is 17.9. The molecular formula is C16H21N3S. The van der Waals surface area contributed by atoms with Crippen molar-refractivity contribution < 1.29 is 0 Å². The minimum Gasteiger partial charge on any atom is -0.309 e. The predicted octanol–water partition coefficient (Wildman–Crippen LogP) is 3.51. The Labute approximate surface area is 124 Å². The number of rotatable bonds is 5. The molecule has 0 amide bonds. The second kappa shape index (κ2) is 6.46. The van der Waals surface area contributed by atoms with Crippen molar-refractivity contribution in [3.8, 4) is 0 Å². The van der Waals surface area contributed by atoms with Gasteiger partial charge in [-0.25, -0.2) is 4.98 Å². The van der Waals surface area contributed by atoms with E-state index in [2.05, 4.69) is 23.3 Å². The first-order chi connectivity index (χ1) is 9.86. The zero-order chi connectivity index (χ0) is 13.8. The van der Waals surface area contributed by atoms with Crippen molar-refractivity contribution >= 4 is 11.3 Å². The van der Waals surface area contributed by atoms with Crippen LogP contribution in [0.2, 0.25) is 0 Å². The number of aromatic nitrogens is 2. The highest BCUT2D eigenvalue weighted by Gasteiger charge is 2.24. The van der Waals surface area contributed by atoms with Gasteiger partial charge in [0.2, 0.25) is 0 Å². The van der Waals surface area contributed by atoms with Gasteiger partial charge >= 0.3 is 0 Å². The van der Waals surface area contributed by atoms with Crippen LogP contribution in [-0.4, -0.2) is 16.5 Å². The number of hydrogen-bond acceptors (Lipinski definition) is 4. The summed E-state index contributed by atoms with van der Waals surface area (Å²) in [5, 5.41) is 4.84. The zero-order valence-electron chi connectivity index (χ0n) is 11.9. The van der Waals surface area contributed by atoms with Crippen molar-refractivity contribution in [1.82, 2.24) is 15.3 Å². The number of fused-ring (bicyclic) bond motifs is 1. The Kier molecular flexibility index (Phi) is 4.43. The van der Waals surface area contributed by atoms with Crippen LogP contribution in [0.15, 0.2) is 24.4 Å². The van der Waals surface area contributed by atoms with Gasteiger partial charge in [0.1, 0.15) is 0 Å². The Morgan fingerprint density at radius 1 is 1.40 bits per heavy atom. The van der Waals surface area contributed by atoms with E-state index < -0.39 is 0 Å². The smallest absolute Gasteiger partial charge is 0.0991 e. The van der Waals surface area contributed by atoms with Crippen LogP contribution < -0.4 is 5.32 Å². The second-order valence-corrected chi connectivity index (χ2v) is 6.48. The number of hydrogen-bond donors (Lipinski definition) is 1. The molecule has 3 rings (SSSR count). The molecule has 1 unspecified atom stereocenters. The van der Waals surface area contributed by atoms with Gasteiger partial charge in [-0.05, 0) is 44.4 Å². The molecule has 0 saturated carbocycles. The van der Waals surface area contributed by atoms with E-state index in [4.69, 9.17) is 4.98 Å². The van der Waals surface area contributed by atoms with Crippen LogP contribution in [0.5, 0.6) is 0 Å². The molecule has 0 spiro atoms. The third kappa shape index (κ3) is 3.07. The first-order valence-corrected chi connectivity index (χ1v) is 8.30. The molecule has 0 bridgehead atoms. The Balaban J connectivity index is 1.77. The lowest BCUT2D eigenvalue weighted by molar-refractivity contribution is 0.454. The number of thiazole rings is 1. The van der Waals surface area contributed by atoms with Gasteiger partial charge in [-0.3, -0.25) is 4.98 Å². The molecule has 2 aromatic heterocycles. The predicted molar refractivity (Wildman–Crippen MR) is 83.1 cm³/mol. The van der Waals surface area contributed by atoms with E-state index >= 15 is 0 Å². The van der Waals surface area contributed by atoms with Crippen LogP contribution >= 0.6 is 11.3 Å². The zero-order valence-corrected chi connectivity index (χ0v) is 12.7. The average molecular weight is 287 g/mol. The Morgan fingerprint density at radius 2 is 2.35 bits per heavy atom. The maximum Gasteiger partial charge on any atom is 0.0991 e. The fourth-order valence-corrected chi connectivity index (χ4v) is 3.91. The van der Waals surface area contributed by atoms with Crippen LogP contribution in [0.3, 0.4) is 0 Å². The minimum atomic E-state index is 0.465. The molecule has 0 radical (unpaired) electrons. The summed E-state index contributed by atoms with van der Waals surface area (Å²) < 4.78 is 0. The number of pyridine rings is 1. The SMILES string of the molecule is CCCNC1CCCc2sc(Cc3ccccn3)nc21. The first-order valence-electron chi connectivity index (χ1n) is 7.48. The van der Waals surface area contributed by atoms with E-state index in [1.807, 2.05) is 29.7 Å². The van der Waals surface area contributed by atoms with E-state index in [0.29, 0.717) is 6.04 Å². The number of nitrogens with zero attached hydrogens (tertiary/aromatic N) is 2. The van der Waals surface area contributed by atoms with Crippen LogP contribution in [0.4, 0.5) is 0 Å². The van der Waals surface area contributed by atoms with Gasteiger partial charge in [-0.2, -0.15) is 0 Å².